The highest BCUT2D eigenvalue weighted by Gasteiger charge is 2.48. The van der Waals surface area contributed by atoms with Crippen molar-refractivity contribution < 1.29 is 14.3 Å². The van der Waals surface area contributed by atoms with Gasteiger partial charge in [-0.1, -0.05) is 54.6 Å². The first kappa shape index (κ1) is 19.2. The van der Waals surface area contributed by atoms with E-state index in [4.69, 9.17) is 0 Å². The summed E-state index contributed by atoms with van der Waals surface area (Å²) in [6.45, 7) is 0.689. The summed E-state index contributed by atoms with van der Waals surface area (Å²) >= 11 is 0. The lowest BCUT2D eigenvalue weighted by Crippen LogP contribution is -2.53. The van der Waals surface area contributed by atoms with Gasteiger partial charge in [-0.2, -0.15) is 0 Å². The monoisotopic (exact) mass is 389 g/mol. The molecule has 1 amide bonds. The Bertz CT molecular complexity index is 954. The minimum Gasteiger partial charge on any atom is -0.508 e. The average molecular weight is 389 g/mol. The fourth-order valence-electron chi connectivity index (χ4n) is 4.09. The van der Waals surface area contributed by atoms with E-state index in [1.165, 1.54) is 17.7 Å². The second-order valence-corrected chi connectivity index (χ2v) is 7.54. The second kappa shape index (κ2) is 8.48. The number of unbranched alkanes of at least 4 members (excludes halogenated alkanes) is 1. The topological polar surface area (TPSA) is 40.5 Å². The molecule has 1 fully saturated rings. The van der Waals surface area contributed by atoms with E-state index >= 15 is 0 Å². The number of nitrogens with zero attached hydrogens (tertiary/aromatic N) is 1. The Morgan fingerprint density at radius 1 is 0.828 bits per heavy atom. The van der Waals surface area contributed by atoms with Crippen LogP contribution in [0.4, 0.5) is 4.39 Å². The van der Waals surface area contributed by atoms with Crippen molar-refractivity contribution in [2.75, 3.05) is 6.54 Å². The maximum atomic E-state index is 13.3. The molecule has 0 aliphatic carbocycles. The van der Waals surface area contributed by atoms with Crippen molar-refractivity contribution in [2.24, 2.45) is 0 Å². The molecule has 4 heteroatoms. The first-order valence-electron chi connectivity index (χ1n) is 10.0. The van der Waals surface area contributed by atoms with Crippen LogP contribution in [0, 0.1) is 5.82 Å². The van der Waals surface area contributed by atoms with Gasteiger partial charge < -0.3 is 10.0 Å². The van der Waals surface area contributed by atoms with Gasteiger partial charge in [0.2, 0.25) is 5.91 Å². The molecule has 1 aliphatic heterocycles. The number of rotatable bonds is 7. The molecule has 3 nitrogen and oxygen atoms in total. The number of halogens is 1. The summed E-state index contributed by atoms with van der Waals surface area (Å²) < 4.78 is 13.3. The highest BCUT2D eigenvalue weighted by molar-refractivity contribution is 5.91. The maximum absolute atomic E-state index is 13.3. The first-order valence-corrected chi connectivity index (χ1v) is 10.0. The summed E-state index contributed by atoms with van der Waals surface area (Å²) in [6.07, 6.45) is 2.93. The van der Waals surface area contributed by atoms with Crippen LogP contribution in [0.5, 0.6) is 5.75 Å². The van der Waals surface area contributed by atoms with E-state index in [-0.39, 0.29) is 29.4 Å². The number of benzene rings is 3. The van der Waals surface area contributed by atoms with Crippen LogP contribution < -0.4 is 0 Å². The zero-order valence-electron chi connectivity index (χ0n) is 16.2. The molecule has 148 valence electrons. The van der Waals surface area contributed by atoms with Crippen LogP contribution in [0.15, 0.2) is 78.9 Å². The third kappa shape index (κ3) is 4.16. The van der Waals surface area contributed by atoms with Crippen molar-refractivity contribution >= 4 is 5.91 Å². The van der Waals surface area contributed by atoms with Gasteiger partial charge in [0.15, 0.2) is 0 Å². The van der Waals surface area contributed by atoms with Crippen molar-refractivity contribution in [1.29, 1.82) is 0 Å². The number of likely N-dealkylation sites (tertiary alicyclic amines) is 1. The van der Waals surface area contributed by atoms with Crippen LogP contribution in [-0.2, 0) is 11.2 Å². The molecule has 1 aliphatic rings. The van der Waals surface area contributed by atoms with E-state index < -0.39 is 0 Å². The van der Waals surface area contributed by atoms with Gasteiger partial charge in [0.05, 0.1) is 12.0 Å². The lowest BCUT2D eigenvalue weighted by atomic mass is 9.77. The van der Waals surface area contributed by atoms with E-state index in [1.54, 1.807) is 24.3 Å². The Kier molecular flexibility index (Phi) is 5.61. The zero-order chi connectivity index (χ0) is 20.2. The lowest BCUT2D eigenvalue weighted by Gasteiger charge is -2.48. The smallest absolute Gasteiger partial charge is 0.233 e. The van der Waals surface area contributed by atoms with Crippen LogP contribution >= 0.6 is 0 Å². The van der Waals surface area contributed by atoms with Crippen LogP contribution in [0.2, 0.25) is 0 Å². The standard InChI is InChI=1S/C25H24FNO2/c26-21-13-9-19(10-14-21)23-24(20-11-15-22(28)16-12-20)27(25(23)29)17-5-4-8-18-6-2-1-3-7-18/h1-3,6-7,9-16,23-24,28H,4-5,8,17H2/t23-,24-/m0/s1. The Balaban J connectivity index is 1.47. The number of carbonyl (C=O) groups is 1. The Hall–Kier alpha value is -3.14. The Morgan fingerprint density at radius 3 is 2.17 bits per heavy atom. The average Bonchev–Trinajstić information content (AvgIpc) is 2.74. The minimum atomic E-state index is -0.311. The zero-order valence-corrected chi connectivity index (χ0v) is 16.2. The van der Waals surface area contributed by atoms with Gasteiger partial charge in [-0.15, -0.1) is 0 Å². The molecule has 29 heavy (non-hydrogen) atoms. The van der Waals surface area contributed by atoms with E-state index in [9.17, 15) is 14.3 Å². The lowest BCUT2D eigenvalue weighted by molar-refractivity contribution is -0.150. The predicted octanol–water partition coefficient (Wildman–Crippen LogP) is 5.22. The van der Waals surface area contributed by atoms with E-state index in [0.29, 0.717) is 6.54 Å². The normalized spacial score (nSPS) is 18.5. The number of β-lactam (4-membered cyclic amide) rings is 1. The fraction of sp³-hybridized carbons (Fsp3) is 0.240. The molecular weight excluding hydrogens is 365 g/mol. The third-order valence-electron chi connectivity index (χ3n) is 5.62. The van der Waals surface area contributed by atoms with E-state index in [0.717, 1.165) is 30.4 Å². The van der Waals surface area contributed by atoms with Crippen molar-refractivity contribution in [3.8, 4) is 5.75 Å². The Morgan fingerprint density at radius 2 is 1.48 bits per heavy atom. The Labute approximate surface area is 170 Å². The van der Waals surface area contributed by atoms with Crippen molar-refractivity contribution in [3.05, 3.63) is 101 Å². The van der Waals surface area contributed by atoms with Gasteiger partial charge in [0.1, 0.15) is 11.6 Å². The molecule has 1 saturated heterocycles. The summed E-state index contributed by atoms with van der Waals surface area (Å²) in [6, 6.07) is 23.5. The highest BCUT2D eigenvalue weighted by Crippen LogP contribution is 2.46. The summed E-state index contributed by atoms with van der Waals surface area (Å²) in [5, 5.41) is 9.62. The first-order chi connectivity index (χ1) is 14.1. The van der Waals surface area contributed by atoms with Crippen molar-refractivity contribution in [1.82, 2.24) is 4.90 Å². The molecule has 4 rings (SSSR count). The fourth-order valence-corrected chi connectivity index (χ4v) is 4.09. The number of phenols is 1. The predicted molar refractivity (Wildman–Crippen MR) is 111 cm³/mol. The molecule has 1 heterocycles. The number of aromatic hydroxyl groups is 1. The second-order valence-electron chi connectivity index (χ2n) is 7.54. The molecule has 0 radical (unpaired) electrons. The maximum Gasteiger partial charge on any atom is 0.233 e. The minimum absolute atomic E-state index is 0.0781. The van der Waals surface area contributed by atoms with Crippen molar-refractivity contribution in [2.45, 2.75) is 31.2 Å². The van der Waals surface area contributed by atoms with Gasteiger partial charge in [-0.05, 0) is 60.2 Å². The molecule has 3 aromatic rings. The molecule has 2 atom stereocenters. The molecule has 0 saturated carbocycles. The van der Waals surface area contributed by atoms with Crippen LogP contribution in [0.1, 0.15) is 41.5 Å². The quantitative estimate of drug-likeness (QED) is 0.444. The summed E-state index contributed by atoms with van der Waals surface area (Å²) in [5.41, 5.74) is 3.12. The molecule has 0 aromatic heterocycles. The number of amides is 1. The van der Waals surface area contributed by atoms with Gasteiger partial charge >= 0.3 is 0 Å². The SMILES string of the molecule is O=C1[C@@H](c2ccc(F)cc2)[C@H](c2ccc(O)cc2)N1CCCCc1ccccc1. The van der Waals surface area contributed by atoms with Gasteiger partial charge in [-0.25, -0.2) is 4.39 Å². The number of aryl methyl sites for hydroxylation is 1. The van der Waals surface area contributed by atoms with Crippen LogP contribution in [0.3, 0.4) is 0 Å². The third-order valence-corrected chi connectivity index (χ3v) is 5.62. The number of carbonyl (C=O) groups excluding carboxylic acids is 1. The molecular formula is C25H24FNO2. The largest absolute Gasteiger partial charge is 0.508 e. The van der Waals surface area contributed by atoms with E-state index in [2.05, 4.69) is 12.1 Å². The van der Waals surface area contributed by atoms with Crippen molar-refractivity contribution in [3.63, 3.8) is 0 Å². The van der Waals surface area contributed by atoms with Gasteiger partial charge in [-0.3, -0.25) is 4.79 Å². The van der Waals surface area contributed by atoms with Crippen LogP contribution in [0.25, 0.3) is 0 Å². The van der Waals surface area contributed by atoms with Gasteiger partial charge in [0, 0.05) is 6.54 Å². The highest BCUT2D eigenvalue weighted by atomic mass is 19.1. The molecule has 0 spiro atoms. The molecule has 0 unspecified atom stereocenters. The van der Waals surface area contributed by atoms with E-state index in [1.807, 2.05) is 35.2 Å². The number of hydrogen-bond acceptors (Lipinski definition) is 2. The summed E-state index contributed by atoms with van der Waals surface area (Å²) in [5.74, 6) is -0.338. The van der Waals surface area contributed by atoms with Crippen LogP contribution in [-0.4, -0.2) is 22.5 Å². The number of phenolic OH excluding ortho intramolecular Hbond substituents is 1. The summed E-state index contributed by atoms with van der Waals surface area (Å²) in [7, 11) is 0. The molecule has 3 aromatic carbocycles. The molecule has 1 N–H and O–H groups in total. The molecule has 0 bridgehead atoms. The van der Waals surface area contributed by atoms with Gasteiger partial charge in [0.25, 0.3) is 0 Å². The number of hydrogen-bond donors (Lipinski definition) is 1. The summed E-state index contributed by atoms with van der Waals surface area (Å²) in [4.78, 5) is 14.9.